The van der Waals surface area contributed by atoms with Crippen molar-refractivity contribution < 1.29 is 4.79 Å². The summed E-state index contributed by atoms with van der Waals surface area (Å²) in [5.41, 5.74) is 3.10. The number of rotatable bonds is 6. The monoisotopic (exact) mass is 436 g/mol. The van der Waals surface area contributed by atoms with E-state index in [1.807, 2.05) is 24.0 Å². The van der Waals surface area contributed by atoms with E-state index in [1.165, 1.54) is 38.5 Å². The van der Waals surface area contributed by atoms with Gasteiger partial charge in [0, 0.05) is 63.5 Å². The second-order valence-corrected chi connectivity index (χ2v) is 9.91. The highest BCUT2D eigenvalue weighted by molar-refractivity contribution is 5.76. The summed E-state index contributed by atoms with van der Waals surface area (Å²) in [5, 5.41) is 4.85. The van der Waals surface area contributed by atoms with Gasteiger partial charge in [0.25, 0.3) is 0 Å². The first-order valence-electron chi connectivity index (χ1n) is 12.6. The maximum absolute atomic E-state index is 13.0. The first kappa shape index (κ1) is 21.4. The van der Waals surface area contributed by atoms with Gasteiger partial charge in [-0.2, -0.15) is 5.10 Å². The summed E-state index contributed by atoms with van der Waals surface area (Å²) in [4.78, 5) is 26.7. The van der Waals surface area contributed by atoms with Crippen LogP contribution in [-0.2, 0) is 11.8 Å². The van der Waals surface area contributed by atoms with Gasteiger partial charge in [-0.25, -0.2) is 9.97 Å². The van der Waals surface area contributed by atoms with E-state index in [-0.39, 0.29) is 5.92 Å². The average molecular weight is 437 g/mol. The minimum Gasteiger partial charge on any atom is -0.342 e. The van der Waals surface area contributed by atoms with Crippen LogP contribution in [0.2, 0.25) is 0 Å². The molecule has 3 fully saturated rings. The zero-order chi connectivity index (χ0) is 21.9. The van der Waals surface area contributed by atoms with Crippen molar-refractivity contribution in [3.8, 4) is 11.3 Å². The number of amides is 1. The normalized spacial score (nSPS) is 22.1. The van der Waals surface area contributed by atoms with Gasteiger partial charge in [0.15, 0.2) is 0 Å². The molecule has 0 spiro atoms. The first-order chi connectivity index (χ1) is 15.7. The van der Waals surface area contributed by atoms with Crippen molar-refractivity contribution in [3.63, 3.8) is 0 Å². The van der Waals surface area contributed by atoms with Gasteiger partial charge >= 0.3 is 0 Å². The number of hydrogen-bond acceptors (Lipinski definition) is 5. The third kappa shape index (κ3) is 4.66. The summed E-state index contributed by atoms with van der Waals surface area (Å²) in [7, 11) is 1.98. The second-order valence-electron chi connectivity index (χ2n) is 9.91. The van der Waals surface area contributed by atoms with E-state index in [0.29, 0.717) is 12.3 Å². The number of anilines is 1. The number of hydrogen-bond donors (Lipinski definition) is 0. The Morgan fingerprint density at radius 1 is 1.06 bits per heavy atom. The SMILES string of the molecule is Cn1cc(-c2ccnc(N3CCCC3)n2)c([C@@H]2CCCN(C(=O)CCC3CCCC3)C2)n1. The fourth-order valence-corrected chi connectivity index (χ4v) is 5.78. The van der Waals surface area contributed by atoms with Crippen molar-refractivity contribution >= 4 is 11.9 Å². The molecule has 172 valence electrons. The van der Waals surface area contributed by atoms with Crippen molar-refractivity contribution in [2.24, 2.45) is 13.0 Å². The lowest BCUT2D eigenvalue weighted by Gasteiger charge is -2.32. The van der Waals surface area contributed by atoms with Crippen LogP contribution in [0.4, 0.5) is 5.95 Å². The third-order valence-corrected chi connectivity index (χ3v) is 7.57. The number of aryl methyl sites for hydroxylation is 1. The smallest absolute Gasteiger partial charge is 0.225 e. The van der Waals surface area contributed by atoms with Crippen LogP contribution < -0.4 is 4.90 Å². The van der Waals surface area contributed by atoms with Crippen LogP contribution in [0.5, 0.6) is 0 Å². The lowest BCUT2D eigenvalue weighted by Crippen LogP contribution is -2.39. The van der Waals surface area contributed by atoms with E-state index in [4.69, 9.17) is 10.1 Å². The van der Waals surface area contributed by atoms with E-state index in [1.54, 1.807) is 0 Å². The highest BCUT2D eigenvalue weighted by atomic mass is 16.2. The number of carbonyl (C=O) groups excluding carboxylic acids is 1. The van der Waals surface area contributed by atoms with Crippen LogP contribution in [0.3, 0.4) is 0 Å². The molecule has 1 aliphatic carbocycles. The topological polar surface area (TPSA) is 67.2 Å². The Bertz CT molecular complexity index is 928. The standard InChI is InChI=1S/C25H36N6O/c1-29-18-21(22-12-13-26-25(27-22)30-14-4-5-15-30)24(28-29)20-9-6-16-31(17-20)23(32)11-10-19-7-2-3-8-19/h12-13,18-20H,2-11,14-17H2,1H3/t20-/m1/s1. The molecule has 0 radical (unpaired) electrons. The molecule has 1 atom stereocenters. The fraction of sp³-hybridized carbons (Fsp3) is 0.680. The van der Waals surface area contributed by atoms with Crippen LogP contribution in [0.15, 0.2) is 18.5 Å². The van der Waals surface area contributed by atoms with Crippen molar-refractivity contribution in [2.75, 3.05) is 31.1 Å². The van der Waals surface area contributed by atoms with E-state index in [9.17, 15) is 4.79 Å². The number of piperidine rings is 1. The fourth-order valence-electron chi connectivity index (χ4n) is 5.78. The van der Waals surface area contributed by atoms with E-state index < -0.39 is 0 Å². The van der Waals surface area contributed by atoms with E-state index in [2.05, 4.69) is 21.0 Å². The van der Waals surface area contributed by atoms with Gasteiger partial charge < -0.3 is 9.80 Å². The van der Waals surface area contributed by atoms with Gasteiger partial charge in [0.1, 0.15) is 0 Å². The van der Waals surface area contributed by atoms with Crippen molar-refractivity contribution in [2.45, 2.75) is 70.1 Å². The Hall–Kier alpha value is -2.44. The average Bonchev–Trinajstić information content (AvgIpc) is 3.60. The molecule has 3 aliphatic rings. The Morgan fingerprint density at radius 2 is 1.88 bits per heavy atom. The molecule has 0 aromatic carbocycles. The van der Waals surface area contributed by atoms with Gasteiger partial charge in [-0.3, -0.25) is 9.48 Å². The largest absolute Gasteiger partial charge is 0.342 e. The molecule has 4 heterocycles. The minimum absolute atomic E-state index is 0.264. The molecule has 2 aromatic rings. The third-order valence-electron chi connectivity index (χ3n) is 7.57. The number of likely N-dealkylation sites (tertiary alicyclic amines) is 1. The van der Waals surface area contributed by atoms with Crippen LogP contribution in [0.1, 0.15) is 75.8 Å². The lowest BCUT2D eigenvalue weighted by atomic mass is 9.91. The summed E-state index contributed by atoms with van der Waals surface area (Å²) in [6.45, 7) is 3.72. The molecule has 32 heavy (non-hydrogen) atoms. The summed E-state index contributed by atoms with van der Waals surface area (Å²) in [5.74, 6) is 2.18. The van der Waals surface area contributed by atoms with Crippen LogP contribution in [-0.4, -0.2) is 56.7 Å². The van der Waals surface area contributed by atoms with Crippen LogP contribution in [0.25, 0.3) is 11.3 Å². The molecule has 2 aromatic heterocycles. The Morgan fingerprint density at radius 3 is 2.69 bits per heavy atom. The molecule has 0 bridgehead atoms. The van der Waals surface area contributed by atoms with Gasteiger partial charge in [0.2, 0.25) is 11.9 Å². The van der Waals surface area contributed by atoms with Crippen molar-refractivity contribution in [3.05, 3.63) is 24.2 Å². The van der Waals surface area contributed by atoms with Crippen LogP contribution in [0, 0.1) is 5.92 Å². The van der Waals surface area contributed by atoms with Gasteiger partial charge in [-0.05, 0) is 44.1 Å². The zero-order valence-electron chi connectivity index (χ0n) is 19.4. The molecule has 5 rings (SSSR count). The molecule has 1 saturated carbocycles. The molecular weight excluding hydrogens is 400 g/mol. The highest BCUT2D eigenvalue weighted by Gasteiger charge is 2.29. The predicted molar refractivity (Wildman–Crippen MR) is 125 cm³/mol. The summed E-state index contributed by atoms with van der Waals surface area (Å²) < 4.78 is 1.89. The number of carbonyl (C=O) groups is 1. The molecule has 7 heteroatoms. The number of nitrogens with zero attached hydrogens (tertiary/aromatic N) is 6. The molecule has 1 amide bonds. The van der Waals surface area contributed by atoms with Gasteiger partial charge in [-0.15, -0.1) is 0 Å². The summed E-state index contributed by atoms with van der Waals surface area (Å²) >= 11 is 0. The second kappa shape index (κ2) is 9.59. The van der Waals surface area contributed by atoms with E-state index >= 15 is 0 Å². The Labute approximate surface area is 191 Å². The lowest BCUT2D eigenvalue weighted by molar-refractivity contribution is -0.132. The molecule has 2 aliphatic heterocycles. The predicted octanol–water partition coefficient (Wildman–Crippen LogP) is 4.15. The maximum Gasteiger partial charge on any atom is 0.225 e. The minimum atomic E-state index is 0.264. The molecular formula is C25H36N6O. The Kier molecular flexibility index (Phi) is 6.42. The maximum atomic E-state index is 13.0. The van der Waals surface area contributed by atoms with Gasteiger partial charge in [0.05, 0.1) is 11.4 Å². The first-order valence-corrected chi connectivity index (χ1v) is 12.6. The summed E-state index contributed by atoms with van der Waals surface area (Å²) in [6.07, 6.45) is 15.5. The molecule has 0 unspecified atom stereocenters. The zero-order valence-corrected chi connectivity index (χ0v) is 19.4. The van der Waals surface area contributed by atoms with Crippen LogP contribution >= 0.6 is 0 Å². The summed E-state index contributed by atoms with van der Waals surface area (Å²) in [6, 6.07) is 1.99. The highest BCUT2D eigenvalue weighted by Crippen LogP contribution is 2.34. The molecule has 2 saturated heterocycles. The Balaban J connectivity index is 1.31. The number of aromatic nitrogens is 4. The van der Waals surface area contributed by atoms with Gasteiger partial charge in [-0.1, -0.05) is 25.7 Å². The molecule has 7 nitrogen and oxygen atoms in total. The van der Waals surface area contributed by atoms with Crippen molar-refractivity contribution in [1.82, 2.24) is 24.6 Å². The molecule has 0 N–H and O–H groups in total. The quantitative estimate of drug-likeness (QED) is 0.680. The van der Waals surface area contributed by atoms with E-state index in [0.717, 1.165) is 74.3 Å². The van der Waals surface area contributed by atoms with Crippen molar-refractivity contribution in [1.29, 1.82) is 0 Å².